The van der Waals surface area contributed by atoms with Crippen molar-refractivity contribution in [1.82, 2.24) is 4.31 Å². The minimum absolute atomic E-state index is 0.229. The predicted molar refractivity (Wildman–Crippen MR) is 67.1 cm³/mol. The first-order valence-electron chi connectivity index (χ1n) is 5.33. The second-order valence-electron chi connectivity index (χ2n) is 3.98. The molecular weight excluding hydrogens is 259 g/mol. The first-order chi connectivity index (χ1) is 8.32. The van der Waals surface area contributed by atoms with E-state index < -0.39 is 15.8 Å². The van der Waals surface area contributed by atoms with Crippen LogP contribution in [0, 0.1) is 5.82 Å². The van der Waals surface area contributed by atoms with Gasteiger partial charge in [-0.1, -0.05) is 6.07 Å². The summed E-state index contributed by atoms with van der Waals surface area (Å²) in [6.07, 6.45) is 0. The standard InChI is InChI=1S/C11H17FN2O3S/c1-8(7-17-3)14(2)18(15,16)10-6-4-5-9(12)11(10)13/h4-6,8H,7,13H2,1-3H3. The molecule has 1 aromatic carbocycles. The molecule has 1 rings (SSSR count). The van der Waals surface area contributed by atoms with Crippen molar-refractivity contribution in [3.63, 3.8) is 0 Å². The largest absolute Gasteiger partial charge is 0.395 e. The number of rotatable bonds is 5. The fraction of sp³-hybridized carbons (Fsp3) is 0.455. The van der Waals surface area contributed by atoms with Gasteiger partial charge in [-0.2, -0.15) is 4.31 Å². The number of nitrogens with zero attached hydrogens (tertiary/aromatic N) is 1. The Balaban J connectivity index is 3.17. The highest BCUT2D eigenvalue weighted by molar-refractivity contribution is 7.89. The minimum Gasteiger partial charge on any atom is -0.395 e. The number of halogens is 1. The smallest absolute Gasteiger partial charge is 0.245 e. The minimum atomic E-state index is -3.83. The summed E-state index contributed by atoms with van der Waals surface area (Å²) in [5.74, 6) is -0.746. The molecule has 0 amide bonds. The Morgan fingerprint density at radius 2 is 2.11 bits per heavy atom. The third-order valence-corrected chi connectivity index (χ3v) is 4.73. The van der Waals surface area contributed by atoms with Gasteiger partial charge in [-0.25, -0.2) is 12.8 Å². The van der Waals surface area contributed by atoms with Crippen molar-refractivity contribution in [2.75, 3.05) is 26.5 Å². The molecule has 1 aromatic rings. The van der Waals surface area contributed by atoms with Crippen molar-refractivity contribution in [2.45, 2.75) is 17.9 Å². The second-order valence-corrected chi connectivity index (χ2v) is 5.94. The third kappa shape index (κ3) is 2.80. The normalized spacial score (nSPS) is 13.8. The monoisotopic (exact) mass is 276 g/mol. The van der Waals surface area contributed by atoms with E-state index in [0.29, 0.717) is 0 Å². The average molecular weight is 276 g/mol. The molecule has 0 radical (unpaired) electrons. The number of ether oxygens (including phenoxy) is 1. The van der Waals surface area contributed by atoms with E-state index in [-0.39, 0.29) is 23.2 Å². The van der Waals surface area contributed by atoms with Crippen LogP contribution in [0.5, 0.6) is 0 Å². The van der Waals surface area contributed by atoms with Crippen molar-refractivity contribution in [2.24, 2.45) is 0 Å². The average Bonchev–Trinajstić information content (AvgIpc) is 2.31. The summed E-state index contributed by atoms with van der Waals surface area (Å²) in [6.45, 7) is 1.93. The van der Waals surface area contributed by atoms with E-state index >= 15 is 0 Å². The van der Waals surface area contributed by atoms with E-state index in [9.17, 15) is 12.8 Å². The fourth-order valence-corrected chi connectivity index (χ4v) is 2.95. The summed E-state index contributed by atoms with van der Waals surface area (Å²) < 4.78 is 43.8. The van der Waals surface area contributed by atoms with Crippen LogP contribution in [-0.4, -0.2) is 39.5 Å². The molecule has 0 spiro atoms. The Morgan fingerprint density at radius 3 is 2.67 bits per heavy atom. The highest BCUT2D eigenvalue weighted by Gasteiger charge is 2.28. The summed E-state index contributed by atoms with van der Waals surface area (Å²) in [6, 6.07) is 3.34. The topological polar surface area (TPSA) is 72.6 Å². The SMILES string of the molecule is COCC(C)N(C)S(=O)(=O)c1cccc(F)c1N. The van der Waals surface area contributed by atoms with E-state index in [2.05, 4.69) is 0 Å². The lowest BCUT2D eigenvalue weighted by Crippen LogP contribution is -2.38. The van der Waals surface area contributed by atoms with Crippen molar-refractivity contribution in [3.05, 3.63) is 24.0 Å². The van der Waals surface area contributed by atoms with Crippen molar-refractivity contribution in [3.8, 4) is 0 Å². The maximum absolute atomic E-state index is 13.3. The van der Waals surface area contributed by atoms with E-state index in [1.165, 1.54) is 26.3 Å². The van der Waals surface area contributed by atoms with E-state index in [1.807, 2.05) is 0 Å². The number of hydrogen-bond acceptors (Lipinski definition) is 4. The van der Waals surface area contributed by atoms with Gasteiger partial charge in [0.15, 0.2) is 0 Å². The number of likely N-dealkylation sites (N-methyl/N-ethyl adjacent to an activating group) is 1. The zero-order valence-electron chi connectivity index (χ0n) is 10.6. The molecule has 1 atom stereocenters. The van der Waals surface area contributed by atoms with Gasteiger partial charge < -0.3 is 10.5 Å². The van der Waals surface area contributed by atoms with Gasteiger partial charge in [0.1, 0.15) is 10.7 Å². The Bertz CT molecular complexity index is 519. The summed E-state index contributed by atoms with van der Waals surface area (Å²) in [7, 11) is -0.939. The van der Waals surface area contributed by atoms with Gasteiger partial charge in [-0.05, 0) is 19.1 Å². The Morgan fingerprint density at radius 1 is 1.50 bits per heavy atom. The van der Waals surface area contributed by atoms with Gasteiger partial charge in [-0.3, -0.25) is 0 Å². The van der Waals surface area contributed by atoms with Crippen LogP contribution in [0.4, 0.5) is 10.1 Å². The van der Waals surface area contributed by atoms with Gasteiger partial charge in [-0.15, -0.1) is 0 Å². The quantitative estimate of drug-likeness (QED) is 0.816. The molecule has 2 N–H and O–H groups in total. The number of nitrogen functional groups attached to an aromatic ring is 1. The van der Waals surface area contributed by atoms with E-state index in [0.717, 1.165) is 10.4 Å². The van der Waals surface area contributed by atoms with Crippen LogP contribution in [0.2, 0.25) is 0 Å². The molecule has 0 aliphatic rings. The third-order valence-electron chi connectivity index (χ3n) is 2.70. The van der Waals surface area contributed by atoms with Crippen LogP contribution in [-0.2, 0) is 14.8 Å². The fourth-order valence-electron chi connectivity index (χ4n) is 1.48. The molecule has 18 heavy (non-hydrogen) atoms. The van der Waals surface area contributed by atoms with E-state index in [1.54, 1.807) is 6.92 Å². The maximum atomic E-state index is 13.3. The van der Waals surface area contributed by atoms with Crippen LogP contribution >= 0.6 is 0 Å². The highest BCUT2D eigenvalue weighted by atomic mass is 32.2. The lowest BCUT2D eigenvalue weighted by Gasteiger charge is -2.24. The molecular formula is C11H17FN2O3S. The van der Waals surface area contributed by atoms with Crippen molar-refractivity contribution < 1.29 is 17.5 Å². The molecule has 0 aromatic heterocycles. The Labute approximate surface area is 106 Å². The van der Waals surface area contributed by atoms with Gasteiger partial charge >= 0.3 is 0 Å². The molecule has 0 saturated heterocycles. The molecule has 0 heterocycles. The van der Waals surface area contributed by atoms with Gasteiger partial charge in [0.2, 0.25) is 10.0 Å². The van der Waals surface area contributed by atoms with Gasteiger partial charge in [0.05, 0.1) is 12.3 Å². The molecule has 0 fully saturated rings. The molecule has 0 bridgehead atoms. The van der Waals surface area contributed by atoms with Gasteiger partial charge in [0.25, 0.3) is 0 Å². The molecule has 1 unspecified atom stereocenters. The lowest BCUT2D eigenvalue weighted by atomic mass is 10.3. The first kappa shape index (κ1) is 14.9. The maximum Gasteiger partial charge on any atom is 0.245 e. The van der Waals surface area contributed by atoms with Crippen LogP contribution in [0.25, 0.3) is 0 Å². The van der Waals surface area contributed by atoms with Crippen LogP contribution in [0.15, 0.2) is 23.1 Å². The van der Waals surface area contributed by atoms with Crippen LogP contribution < -0.4 is 5.73 Å². The Kier molecular flexibility index (Phi) is 4.66. The molecule has 0 aliphatic heterocycles. The van der Waals surface area contributed by atoms with Crippen molar-refractivity contribution in [1.29, 1.82) is 0 Å². The molecule has 5 nitrogen and oxygen atoms in total. The molecule has 7 heteroatoms. The molecule has 0 aliphatic carbocycles. The van der Waals surface area contributed by atoms with Gasteiger partial charge in [0, 0.05) is 20.2 Å². The Hall–Kier alpha value is -1.18. The lowest BCUT2D eigenvalue weighted by molar-refractivity contribution is 0.149. The number of hydrogen-bond donors (Lipinski definition) is 1. The number of para-hydroxylation sites is 1. The van der Waals surface area contributed by atoms with Crippen LogP contribution in [0.3, 0.4) is 0 Å². The molecule has 102 valence electrons. The van der Waals surface area contributed by atoms with E-state index in [4.69, 9.17) is 10.5 Å². The number of nitrogens with two attached hydrogens (primary N) is 1. The summed E-state index contributed by atoms with van der Waals surface area (Å²) in [4.78, 5) is -0.229. The number of methoxy groups -OCH3 is 1. The summed E-state index contributed by atoms with van der Waals surface area (Å²) in [5, 5.41) is 0. The first-order valence-corrected chi connectivity index (χ1v) is 6.77. The number of benzene rings is 1. The number of sulfonamides is 1. The summed E-state index contributed by atoms with van der Waals surface area (Å²) >= 11 is 0. The highest BCUT2D eigenvalue weighted by Crippen LogP contribution is 2.24. The van der Waals surface area contributed by atoms with Crippen LogP contribution in [0.1, 0.15) is 6.92 Å². The zero-order valence-corrected chi connectivity index (χ0v) is 11.4. The predicted octanol–water partition coefficient (Wildman–Crippen LogP) is 1.06. The van der Waals surface area contributed by atoms with Crippen molar-refractivity contribution >= 4 is 15.7 Å². The molecule has 0 saturated carbocycles. The second kappa shape index (κ2) is 5.64. The number of anilines is 1. The summed E-state index contributed by atoms with van der Waals surface area (Å²) in [5.41, 5.74) is 5.10. The zero-order chi connectivity index (χ0) is 13.9.